The SMILES string of the molecule is CC(Cl)c1cccc(C(=O)c2ccccc2)c1. The topological polar surface area (TPSA) is 17.1 Å². The van der Waals surface area contributed by atoms with Gasteiger partial charge in [-0.05, 0) is 18.6 Å². The fourth-order valence-corrected chi connectivity index (χ4v) is 1.82. The maximum atomic E-state index is 12.2. The highest BCUT2D eigenvalue weighted by atomic mass is 35.5. The first-order chi connectivity index (χ1) is 8.18. The van der Waals surface area contributed by atoms with Crippen LogP contribution < -0.4 is 0 Å². The van der Waals surface area contributed by atoms with Gasteiger partial charge in [0.05, 0.1) is 5.38 Å². The van der Waals surface area contributed by atoms with Crippen LogP contribution in [0.3, 0.4) is 0 Å². The Morgan fingerprint density at radius 3 is 2.29 bits per heavy atom. The molecule has 17 heavy (non-hydrogen) atoms. The summed E-state index contributed by atoms with van der Waals surface area (Å²) in [6, 6.07) is 16.7. The summed E-state index contributed by atoms with van der Waals surface area (Å²) in [6.07, 6.45) is 0. The van der Waals surface area contributed by atoms with E-state index in [9.17, 15) is 4.79 Å². The minimum absolute atomic E-state index is 0.0322. The van der Waals surface area contributed by atoms with Crippen molar-refractivity contribution in [2.75, 3.05) is 0 Å². The van der Waals surface area contributed by atoms with Gasteiger partial charge in [0.2, 0.25) is 0 Å². The first kappa shape index (κ1) is 11.9. The second-order valence-electron chi connectivity index (χ2n) is 3.94. The molecule has 2 aromatic carbocycles. The van der Waals surface area contributed by atoms with Gasteiger partial charge in [-0.2, -0.15) is 0 Å². The number of hydrogen-bond donors (Lipinski definition) is 0. The second kappa shape index (κ2) is 5.15. The Morgan fingerprint density at radius 2 is 1.65 bits per heavy atom. The molecule has 2 rings (SSSR count). The summed E-state index contributed by atoms with van der Waals surface area (Å²) in [4.78, 5) is 12.2. The molecule has 1 atom stereocenters. The van der Waals surface area contributed by atoms with Crippen LogP contribution in [0.2, 0.25) is 0 Å². The van der Waals surface area contributed by atoms with E-state index in [1.165, 1.54) is 0 Å². The number of benzene rings is 2. The molecule has 0 radical (unpaired) electrons. The maximum Gasteiger partial charge on any atom is 0.193 e. The largest absolute Gasteiger partial charge is 0.289 e. The molecule has 0 fully saturated rings. The molecule has 0 spiro atoms. The highest BCUT2D eigenvalue weighted by molar-refractivity contribution is 6.20. The van der Waals surface area contributed by atoms with Crippen molar-refractivity contribution in [1.82, 2.24) is 0 Å². The summed E-state index contributed by atoms with van der Waals surface area (Å²) in [5.41, 5.74) is 2.35. The van der Waals surface area contributed by atoms with Crippen molar-refractivity contribution in [2.45, 2.75) is 12.3 Å². The Balaban J connectivity index is 2.35. The Kier molecular flexibility index (Phi) is 3.60. The molecule has 1 nitrogen and oxygen atoms in total. The van der Waals surface area contributed by atoms with E-state index in [1.54, 1.807) is 0 Å². The van der Waals surface area contributed by atoms with Gasteiger partial charge in [-0.1, -0.05) is 48.5 Å². The lowest BCUT2D eigenvalue weighted by molar-refractivity contribution is 0.103. The smallest absolute Gasteiger partial charge is 0.193 e. The lowest BCUT2D eigenvalue weighted by Crippen LogP contribution is -2.01. The van der Waals surface area contributed by atoms with Crippen molar-refractivity contribution in [2.24, 2.45) is 0 Å². The van der Waals surface area contributed by atoms with E-state index in [2.05, 4.69) is 0 Å². The van der Waals surface area contributed by atoms with Gasteiger partial charge in [0.25, 0.3) is 0 Å². The number of carbonyl (C=O) groups excluding carboxylic acids is 1. The van der Waals surface area contributed by atoms with Crippen molar-refractivity contribution >= 4 is 17.4 Å². The molecule has 0 saturated carbocycles. The van der Waals surface area contributed by atoms with Gasteiger partial charge in [-0.3, -0.25) is 4.79 Å². The molecule has 86 valence electrons. The van der Waals surface area contributed by atoms with Crippen LogP contribution in [0.5, 0.6) is 0 Å². The molecule has 2 heteroatoms. The molecular weight excluding hydrogens is 232 g/mol. The van der Waals surface area contributed by atoms with Gasteiger partial charge in [0.1, 0.15) is 0 Å². The van der Waals surface area contributed by atoms with Gasteiger partial charge in [-0.15, -0.1) is 11.6 Å². The molecule has 2 aromatic rings. The van der Waals surface area contributed by atoms with Gasteiger partial charge in [-0.25, -0.2) is 0 Å². The van der Waals surface area contributed by atoms with Crippen molar-refractivity contribution in [3.8, 4) is 0 Å². The molecular formula is C15H13ClO. The average Bonchev–Trinajstić information content (AvgIpc) is 2.39. The van der Waals surface area contributed by atoms with E-state index in [-0.39, 0.29) is 11.2 Å². The van der Waals surface area contributed by atoms with Crippen LogP contribution in [0.4, 0.5) is 0 Å². The average molecular weight is 245 g/mol. The van der Waals surface area contributed by atoms with E-state index in [4.69, 9.17) is 11.6 Å². The summed E-state index contributed by atoms with van der Waals surface area (Å²) < 4.78 is 0. The van der Waals surface area contributed by atoms with Crippen LogP contribution in [0, 0.1) is 0 Å². The Morgan fingerprint density at radius 1 is 1.00 bits per heavy atom. The fraction of sp³-hybridized carbons (Fsp3) is 0.133. The Labute approximate surface area is 106 Å². The van der Waals surface area contributed by atoms with Crippen LogP contribution in [-0.2, 0) is 0 Å². The van der Waals surface area contributed by atoms with Gasteiger partial charge in [0, 0.05) is 11.1 Å². The van der Waals surface area contributed by atoms with E-state index < -0.39 is 0 Å². The molecule has 0 aromatic heterocycles. The van der Waals surface area contributed by atoms with Crippen LogP contribution in [-0.4, -0.2) is 5.78 Å². The number of hydrogen-bond acceptors (Lipinski definition) is 1. The second-order valence-corrected chi connectivity index (χ2v) is 4.59. The van der Waals surface area contributed by atoms with Crippen molar-refractivity contribution in [3.05, 3.63) is 71.3 Å². The predicted molar refractivity (Wildman–Crippen MR) is 70.6 cm³/mol. The molecule has 0 aliphatic carbocycles. The van der Waals surface area contributed by atoms with E-state index in [0.717, 1.165) is 5.56 Å². The van der Waals surface area contributed by atoms with Crippen molar-refractivity contribution in [3.63, 3.8) is 0 Å². The third-order valence-corrected chi connectivity index (χ3v) is 2.90. The molecule has 0 aliphatic rings. The Bertz CT molecular complexity index is 517. The monoisotopic (exact) mass is 244 g/mol. The first-order valence-electron chi connectivity index (χ1n) is 5.52. The minimum Gasteiger partial charge on any atom is -0.289 e. The van der Waals surface area contributed by atoms with Gasteiger partial charge in [0.15, 0.2) is 5.78 Å². The van der Waals surface area contributed by atoms with Crippen molar-refractivity contribution < 1.29 is 4.79 Å². The van der Waals surface area contributed by atoms with Crippen LogP contribution in [0.25, 0.3) is 0 Å². The van der Waals surface area contributed by atoms with E-state index in [0.29, 0.717) is 11.1 Å². The van der Waals surface area contributed by atoms with Gasteiger partial charge < -0.3 is 0 Å². The number of rotatable bonds is 3. The normalized spacial score (nSPS) is 12.1. The van der Waals surface area contributed by atoms with E-state index in [1.807, 2.05) is 61.5 Å². The van der Waals surface area contributed by atoms with Crippen molar-refractivity contribution in [1.29, 1.82) is 0 Å². The number of ketones is 1. The standard InChI is InChI=1S/C15H13ClO/c1-11(16)13-8-5-9-14(10-13)15(17)12-6-3-2-4-7-12/h2-11H,1H3. The summed E-state index contributed by atoms with van der Waals surface area (Å²) in [6.45, 7) is 1.90. The molecule has 1 unspecified atom stereocenters. The quantitative estimate of drug-likeness (QED) is 0.584. The molecule has 0 heterocycles. The summed E-state index contributed by atoms with van der Waals surface area (Å²) >= 11 is 6.01. The molecule has 0 aliphatic heterocycles. The number of carbonyl (C=O) groups is 1. The predicted octanol–water partition coefficient (Wildman–Crippen LogP) is 4.22. The fourth-order valence-electron chi connectivity index (χ4n) is 1.68. The minimum atomic E-state index is -0.0847. The van der Waals surface area contributed by atoms with Crippen LogP contribution in [0.1, 0.15) is 33.8 Å². The summed E-state index contributed by atoms with van der Waals surface area (Å²) in [5.74, 6) is 0.0322. The first-order valence-corrected chi connectivity index (χ1v) is 5.96. The zero-order chi connectivity index (χ0) is 12.3. The van der Waals surface area contributed by atoms with Gasteiger partial charge >= 0.3 is 0 Å². The molecule has 0 saturated heterocycles. The molecule has 0 N–H and O–H groups in total. The van der Waals surface area contributed by atoms with Crippen LogP contribution in [0.15, 0.2) is 54.6 Å². The number of alkyl halides is 1. The molecule has 0 amide bonds. The lowest BCUT2D eigenvalue weighted by atomic mass is 10.0. The highest BCUT2D eigenvalue weighted by Gasteiger charge is 2.10. The maximum absolute atomic E-state index is 12.2. The molecule has 0 bridgehead atoms. The highest BCUT2D eigenvalue weighted by Crippen LogP contribution is 2.21. The zero-order valence-electron chi connectivity index (χ0n) is 9.56. The van der Waals surface area contributed by atoms with E-state index >= 15 is 0 Å². The summed E-state index contributed by atoms with van der Waals surface area (Å²) in [7, 11) is 0. The zero-order valence-corrected chi connectivity index (χ0v) is 10.3. The van der Waals surface area contributed by atoms with Crippen LogP contribution >= 0.6 is 11.6 Å². The third kappa shape index (κ3) is 2.75. The third-order valence-electron chi connectivity index (χ3n) is 2.64. The Hall–Kier alpha value is -1.60. The number of halogens is 1. The summed E-state index contributed by atoms with van der Waals surface area (Å²) in [5, 5.41) is -0.0847. The lowest BCUT2D eigenvalue weighted by Gasteiger charge is -2.06.